The molecule has 2 aromatic carbocycles. The number of amides is 1. The van der Waals surface area contributed by atoms with E-state index < -0.39 is 0 Å². The highest BCUT2D eigenvalue weighted by molar-refractivity contribution is 6.35. The maximum Gasteiger partial charge on any atom is 0.258 e. The lowest BCUT2D eigenvalue weighted by atomic mass is 9.91. The summed E-state index contributed by atoms with van der Waals surface area (Å²) in [6, 6.07) is 13.8. The molecular weight excluding hydrogens is 426 g/mol. The van der Waals surface area contributed by atoms with Gasteiger partial charge in [-0.1, -0.05) is 29.8 Å². The van der Waals surface area contributed by atoms with Crippen LogP contribution in [0.3, 0.4) is 0 Å². The highest BCUT2D eigenvalue weighted by atomic mass is 35.5. The molecule has 0 saturated heterocycles. The van der Waals surface area contributed by atoms with Gasteiger partial charge in [0.1, 0.15) is 5.75 Å². The van der Waals surface area contributed by atoms with Crippen LogP contribution in [0, 0.1) is 0 Å². The normalized spacial score (nSPS) is 15.8. The molecule has 2 heterocycles. The Morgan fingerprint density at radius 3 is 2.97 bits per heavy atom. The number of para-hydroxylation sites is 1. The first kappa shape index (κ1) is 20.9. The number of nitrogens with one attached hydrogen (secondary N) is 2. The second kappa shape index (κ2) is 8.88. The number of carbonyl (C=O) groups is 1. The summed E-state index contributed by atoms with van der Waals surface area (Å²) >= 11 is 6.38. The minimum absolute atomic E-state index is 0.0326. The van der Waals surface area contributed by atoms with Crippen LogP contribution in [0.5, 0.6) is 5.75 Å². The Bertz CT molecular complexity index is 1280. The Balaban J connectivity index is 1.29. The van der Waals surface area contributed by atoms with E-state index in [9.17, 15) is 4.79 Å². The monoisotopic (exact) mass is 451 g/mol. The molecule has 0 aliphatic heterocycles. The molecular formula is C25H26ClN3O3. The molecule has 2 N–H and O–H groups in total. The lowest BCUT2D eigenvalue weighted by molar-refractivity contribution is -0.123. The van der Waals surface area contributed by atoms with Gasteiger partial charge in [0.15, 0.2) is 6.61 Å². The number of rotatable bonds is 7. The Hall–Kier alpha value is -2.96. The summed E-state index contributed by atoms with van der Waals surface area (Å²) in [4.78, 5) is 16.2. The summed E-state index contributed by atoms with van der Waals surface area (Å²) in [7, 11) is 1.69. The fraction of sp³-hybridized carbons (Fsp3) is 0.320. The summed E-state index contributed by atoms with van der Waals surface area (Å²) in [6.45, 7) is 1.37. The molecule has 0 bridgehead atoms. The predicted octanol–water partition coefficient (Wildman–Crippen LogP) is 5.00. The zero-order chi connectivity index (χ0) is 22.1. The van der Waals surface area contributed by atoms with Crippen LogP contribution in [0.1, 0.15) is 30.1 Å². The number of nitrogens with zero attached hydrogens (tertiary/aromatic N) is 1. The van der Waals surface area contributed by atoms with E-state index in [0.29, 0.717) is 17.4 Å². The SMILES string of the molecule is COCCn1ccc2c(OCC(=O)N[C@H]3CCCc4c3[nH]c3c(Cl)cccc43)cccc21. The van der Waals surface area contributed by atoms with Crippen LogP contribution in [0.25, 0.3) is 21.8 Å². The summed E-state index contributed by atoms with van der Waals surface area (Å²) in [5.74, 6) is 0.568. The van der Waals surface area contributed by atoms with E-state index in [1.807, 2.05) is 42.6 Å². The van der Waals surface area contributed by atoms with E-state index in [1.165, 1.54) is 5.56 Å². The van der Waals surface area contributed by atoms with Crippen molar-refractivity contribution in [3.05, 3.63) is 64.9 Å². The Kier molecular flexibility index (Phi) is 5.81. The first-order valence-electron chi connectivity index (χ1n) is 10.9. The fourth-order valence-electron chi connectivity index (χ4n) is 4.68. The standard InChI is InChI=1S/C25H26ClN3O3/c1-31-14-13-29-12-11-18-21(29)9-4-10-22(18)32-15-23(30)27-20-8-3-6-17-16-5-2-7-19(26)24(16)28-25(17)20/h2,4-5,7,9-12,20,28H,3,6,8,13-15H2,1H3,(H,27,30)/t20-/m0/s1. The number of fused-ring (bicyclic) bond motifs is 4. The molecule has 2 aromatic heterocycles. The average Bonchev–Trinajstić information content (AvgIpc) is 3.40. The number of halogens is 1. The van der Waals surface area contributed by atoms with Gasteiger partial charge in [-0.05, 0) is 49.1 Å². The van der Waals surface area contributed by atoms with Gasteiger partial charge in [-0.2, -0.15) is 0 Å². The van der Waals surface area contributed by atoms with E-state index >= 15 is 0 Å². The van der Waals surface area contributed by atoms with Crippen molar-refractivity contribution < 1.29 is 14.3 Å². The maximum absolute atomic E-state index is 12.8. The second-order valence-corrected chi connectivity index (χ2v) is 8.58. The minimum atomic E-state index is -0.136. The molecule has 4 aromatic rings. The van der Waals surface area contributed by atoms with E-state index in [0.717, 1.165) is 53.3 Å². The number of hydrogen-bond donors (Lipinski definition) is 2. The Morgan fingerprint density at radius 2 is 2.09 bits per heavy atom. The first-order chi connectivity index (χ1) is 15.7. The first-order valence-corrected chi connectivity index (χ1v) is 11.3. The van der Waals surface area contributed by atoms with Crippen LogP contribution in [0.15, 0.2) is 48.7 Å². The van der Waals surface area contributed by atoms with E-state index in [2.05, 4.69) is 20.9 Å². The topological polar surface area (TPSA) is 68.3 Å². The molecule has 0 saturated carbocycles. The summed E-state index contributed by atoms with van der Waals surface area (Å²) < 4.78 is 13.2. The van der Waals surface area contributed by atoms with Crippen LogP contribution in [-0.4, -0.2) is 35.8 Å². The van der Waals surface area contributed by atoms with Gasteiger partial charge < -0.3 is 24.3 Å². The molecule has 0 radical (unpaired) electrons. The van der Waals surface area contributed by atoms with Crippen molar-refractivity contribution in [2.75, 3.05) is 20.3 Å². The number of benzene rings is 2. The van der Waals surface area contributed by atoms with Crippen LogP contribution in [-0.2, 0) is 22.5 Å². The van der Waals surface area contributed by atoms with Crippen molar-refractivity contribution >= 4 is 39.3 Å². The van der Waals surface area contributed by atoms with Crippen molar-refractivity contribution in [2.45, 2.75) is 31.8 Å². The number of aromatic amines is 1. The molecule has 1 aliphatic rings. The van der Waals surface area contributed by atoms with Crippen LogP contribution < -0.4 is 10.1 Å². The van der Waals surface area contributed by atoms with Gasteiger partial charge in [0.05, 0.1) is 28.7 Å². The van der Waals surface area contributed by atoms with Crippen molar-refractivity contribution in [2.24, 2.45) is 0 Å². The van der Waals surface area contributed by atoms with Gasteiger partial charge in [0.25, 0.3) is 5.91 Å². The predicted molar refractivity (Wildman–Crippen MR) is 126 cm³/mol. The molecule has 0 unspecified atom stereocenters. The van der Waals surface area contributed by atoms with Gasteiger partial charge >= 0.3 is 0 Å². The zero-order valence-corrected chi connectivity index (χ0v) is 18.7. The third-order valence-corrected chi connectivity index (χ3v) is 6.51. The molecule has 166 valence electrons. The van der Waals surface area contributed by atoms with Crippen LogP contribution in [0.4, 0.5) is 0 Å². The largest absolute Gasteiger partial charge is 0.483 e. The van der Waals surface area contributed by atoms with Gasteiger partial charge in [-0.25, -0.2) is 0 Å². The molecule has 1 amide bonds. The zero-order valence-electron chi connectivity index (χ0n) is 18.0. The van der Waals surface area contributed by atoms with Crippen molar-refractivity contribution in [3.8, 4) is 5.75 Å². The number of ether oxygens (including phenoxy) is 2. The van der Waals surface area contributed by atoms with E-state index in [4.69, 9.17) is 21.1 Å². The quantitative estimate of drug-likeness (QED) is 0.415. The molecule has 1 atom stereocenters. The highest BCUT2D eigenvalue weighted by Crippen LogP contribution is 2.37. The Morgan fingerprint density at radius 1 is 1.22 bits per heavy atom. The van der Waals surface area contributed by atoms with Crippen LogP contribution in [0.2, 0.25) is 5.02 Å². The molecule has 0 spiro atoms. The number of methoxy groups -OCH3 is 1. The summed E-state index contributed by atoms with van der Waals surface area (Å²) in [6.07, 6.45) is 4.91. The number of carbonyl (C=O) groups excluding carboxylic acids is 1. The number of aryl methyl sites for hydroxylation is 1. The number of aromatic nitrogens is 2. The third-order valence-electron chi connectivity index (χ3n) is 6.20. The van der Waals surface area contributed by atoms with Gasteiger partial charge in [-0.3, -0.25) is 4.79 Å². The van der Waals surface area contributed by atoms with Gasteiger partial charge in [0, 0.05) is 36.3 Å². The fourth-order valence-corrected chi connectivity index (χ4v) is 4.90. The minimum Gasteiger partial charge on any atom is -0.483 e. The number of hydrogen-bond acceptors (Lipinski definition) is 3. The van der Waals surface area contributed by atoms with Gasteiger partial charge in [-0.15, -0.1) is 0 Å². The summed E-state index contributed by atoms with van der Waals surface area (Å²) in [5.41, 5.74) is 4.32. The smallest absolute Gasteiger partial charge is 0.258 e. The molecule has 1 aliphatic carbocycles. The van der Waals surface area contributed by atoms with Crippen molar-refractivity contribution in [1.82, 2.24) is 14.9 Å². The average molecular weight is 452 g/mol. The molecule has 0 fully saturated rings. The van der Waals surface area contributed by atoms with Gasteiger partial charge in [0.2, 0.25) is 0 Å². The molecule has 5 rings (SSSR count). The van der Waals surface area contributed by atoms with Crippen molar-refractivity contribution in [3.63, 3.8) is 0 Å². The van der Waals surface area contributed by atoms with E-state index in [-0.39, 0.29) is 18.6 Å². The molecule has 32 heavy (non-hydrogen) atoms. The summed E-state index contributed by atoms with van der Waals surface area (Å²) in [5, 5.41) is 5.98. The third kappa shape index (κ3) is 3.85. The lowest BCUT2D eigenvalue weighted by Crippen LogP contribution is -2.34. The van der Waals surface area contributed by atoms with E-state index in [1.54, 1.807) is 7.11 Å². The number of H-pyrrole nitrogens is 1. The molecule has 7 heteroatoms. The second-order valence-electron chi connectivity index (χ2n) is 8.17. The molecule has 6 nitrogen and oxygen atoms in total. The maximum atomic E-state index is 12.8. The lowest BCUT2D eigenvalue weighted by Gasteiger charge is -2.24. The Labute approximate surface area is 191 Å². The van der Waals surface area contributed by atoms with Crippen molar-refractivity contribution in [1.29, 1.82) is 0 Å². The van der Waals surface area contributed by atoms with Crippen LogP contribution >= 0.6 is 11.6 Å². The highest BCUT2D eigenvalue weighted by Gasteiger charge is 2.26.